The first-order valence-electron chi connectivity index (χ1n) is 10.6. The topological polar surface area (TPSA) is 100 Å². The largest absolute Gasteiger partial charge is 0.347 e. The number of nitrogens with one attached hydrogen (secondary N) is 2. The maximum atomic E-state index is 13.1. The minimum absolute atomic E-state index is 0.0257. The van der Waals surface area contributed by atoms with E-state index in [1.165, 1.54) is 16.9 Å². The number of thiophene rings is 1. The SMILES string of the molecule is CC(C)c1ccc(N2C(=O)Nc3c(C(=O)N[C@@H]4CCC[C@@H]4N)sc4nccc2c34)cc1. The Morgan fingerprint density at radius 1 is 1.26 bits per heavy atom. The van der Waals surface area contributed by atoms with Crippen molar-refractivity contribution in [2.24, 2.45) is 5.73 Å². The molecule has 1 aliphatic carbocycles. The molecule has 3 amide bonds. The monoisotopic (exact) mass is 435 g/mol. The predicted molar refractivity (Wildman–Crippen MR) is 124 cm³/mol. The zero-order valence-electron chi connectivity index (χ0n) is 17.5. The third-order valence-electron chi connectivity index (χ3n) is 6.16. The second-order valence-electron chi connectivity index (χ2n) is 8.50. The minimum atomic E-state index is -0.290. The van der Waals surface area contributed by atoms with Crippen molar-refractivity contribution in [2.45, 2.75) is 51.1 Å². The molecule has 0 radical (unpaired) electrons. The van der Waals surface area contributed by atoms with Gasteiger partial charge in [-0.15, -0.1) is 11.3 Å². The van der Waals surface area contributed by atoms with Gasteiger partial charge in [-0.1, -0.05) is 26.0 Å². The molecule has 0 unspecified atom stereocenters. The summed E-state index contributed by atoms with van der Waals surface area (Å²) in [4.78, 5) is 33.5. The van der Waals surface area contributed by atoms with E-state index in [1.54, 1.807) is 11.1 Å². The fourth-order valence-electron chi connectivity index (χ4n) is 4.41. The molecular formula is C23H25N5O2S. The van der Waals surface area contributed by atoms with E-state index in [-0.39, 0.29) is 24.0 Å². The van der Waals surface area contributed by atoms with Crippen LogP contribution < -0.4 is 21.3 Å². The molecule has 160 valence electrons. The van der Waals surface area contributed by atoms with E-state index in [1.807, 2.05) is 30.3 Å². The summed E-state index contributed by atoms with van der Waals surface area (Å²) in [7, 11) is 0. The summed E-state index contributed by atoms with van der Waals surface area (Å²) in [6.45, 7) is 4.27. The van der Waals surface area contributed by atoms with Crippen LogP contribution >= 0.6 is 11.3 Å². The number of rotatable bonds is 4. The van der Waals surface area contributed by atoms with Crippen LogP contribution in [-0.2, 0) is 0 Å². The van der Waals surface area contributed by atoms with Crippen LogP contribution in [-0.4, -0.2) is 29.0 Å². The number of aromatic nitrogens is 1. The van der Waals surface area contributed by atoms with Gasteiger partial charge in [0, 0.05) is 18.3 Å². The van der Waals surface area contributed by atoms with Crippen LogP contribution in [0.15, 0.2) is 36.5 Å². The average Bonchev–Trinajstić information content (AvgIpc) is 3.33. The Morgan fingerprint density at radius 2 is 2.03 bits per heavy atom. The van der Waals surface area contributed by atoms with Gasteiger partial charge < -0.3 is 16.4 Å². The van der Waals surface area contributed by atoms with Crippen molar-refractivity contribution in [3.63, 3.8) is 0 Å². The highest BCUT2D eigenvalue weighted by Crippen LogP contribution is 2.45. The highest BCUT2D eigenvalue weighted by Gasteiger charge is 2.34. The molecular weight excluding hydrogens is 410 g/mol. The molecule has 0 bridgehead atoms. The Bertz CT molecular complexity index is 1170. The summed E-state index contributed by atoms with van der Waals surface area (Å²) in [6.07, 6.45) is 4.49. The lowest BCUT2D eigenvalue weighted by atomic mass is 10.0. The van der Waals surface area contributed by atoms with Gasteiger partial charge in [-0.05, 0) is 48.9 Å². The van der Waals surface area contributed by atoms with Crippen LogP contribution in [0, 0.1) is 0 Å². The second kappa shape index (κ2) is 7.62. The van der Waals surface area contributed by atoms with E-state index in [9.17, 15) is 9.59 Å². The fourth-order valence-corrected chi connectivity index (χ4v) is 5.43. The van der Waals surface area contributed by atoms with Gasteiger partial charge in [0.15, 0.2) is 0 Å². The highest BCUT2D eigenvalue weighted by molar-refractivity contribution is 7.21. The molecule has 1 aliphatic heterocycles. The van der Waals surface area contributed by atoms with E-state index in [4.69, 9.17) is 5.73 Å². The van der Waals surface area contributed by atoms with Gasteiger partial charge in [0.2, 0.25) is 0 Å². The van der Waals surface area contributed by atoms with Crippen LogP contribution in [0.5, 0.6) is 0 Å². The van der Waals surface area contributed by atoms with Gasteiger partial charge in [0.05, 0.1) is 22.4 Å². The van der Waals surface area contributed by atoms with Gasteiger partial charge in [0.25, 0.3) is 5.91 Å². The van der Waals surface area contributed by atoms with Crippen LogP contribution in [0.2, 0.25) is 0 Å². The zero-order valence-corrected chi connectivity index (χ0v) is 18.3. The first-order chi connectivity index (χ1) is 14.9. The van der Waals surface area contributed by atoms with Crippen molar-refractivity contribution in [3.05, 3.63) is 47.0 Å². The number of carbonyl (C=O) groups excluding carboxylic acids is 2. The first-order valence-corrected chi connectivity index (χ1v) is 11.4. The molecule has 5 rings (SSSR count). The van der Waals surface area contributed by atoms with Crippen molar-refractivity contribution in [2.75, 3.05) is 10.2 Å². The van der Waals surface area contributed by atoms with Crippen molar-refractivity contribution in [3.8, 4) is 0 Å². The quantitative estimate of drug-likeness (QED) is 0.552. The number of hydrogen-bond donors (Lipinski definition) is 3. The van der Waals surface area contributed by atoms with Crippen LogP contribution in [0.1, 0.15) is 54.3 Å². The lowest BCUT2D eigenvalue weighted by Crippen LogP contribution is -2.44. The Labute approximate surface area is 184 Å². The third kappa shape index (κ3) is 3.36. The minimum Gasteiger partial charge on any atom is -0.347 e. The molecule has 8 heteroatoms. The summed E-state index contributed by atoms with van der Waals surface area (Å²) in [5.74, 6) is 0.204. The highest BCUT2D eigenvalue weighted by atomic mass is 32.1. The number of urea groups is 1. The van der Waals surface area contributed by atoms with E-state index < -0.39 is 0 Å². The first kappa shape index (κ1) is 20.0. The maximum absolute atomic E-state index is 13.1. The van der Waals surface area contributed by atoms with E-state index in [0.29, 0.717) is 16.5 Å². The average molecular weight is 436 g/mol. The molecule has 2 aromatic heterocycles. The second-order valence-corrected chi connectivity index (χ2v) is 9.50. The Kier molecular flexibility index (Phi) is 4.91. The van der Waals surface area contributed by atoms with Crippen LogP contribution in [0.3, 0.4) is 0 Å². The van der Waals surface area contributed by atoms with Crippen molar-refractivity contribution in [1.29, 1.82) is 0 Å². The summed E-state index contributed by atoms with van der Waals surface area (Å²) >= 11 is 1.30. The van der Waals surface area contributed by atoms with Crippen LogP contribution in [0.25, 0.3) is 10.2 Å². The van der Waals surface area contributed by atoms with Crippen molar-refractivity contribution < 1.29 is 9.59 Å². The normalized spacial score (nSPS) is 20.4. The number of pyridine rings is 1. The third-order valence-corrected chi connectivity index (χ3v) is 7.25. The van der Waals surface area contributed by atoms with Gasteiger partial charge >= 0.3 is 6.03 Å². The lowest BCUT2D eigenvalue weighted by molar-refractivity contribution is 0.0939. The number of hydrogen-bond acceptors (Lipinski definition) is 5. The summed E-state index contributed by atoms with van der Waals surface area (Å²) in [6, 6.07) is 9.46. The summed E-state index contributed by atoms with van der Waals surface area (Å²) < 4.78 is 0. The van der Waals surface area contributed by atoms with E-state index in [0.717, 1.165) is 40.9 Å². The number of carbonyl (C=O) groups is 2. The lowest BCUT2D eigenvalue weighted by Gasteiger charge is -2.28. The van der Waals surface area contributed by atoms with Gasteiger partial charge in [-0.2, -0.15) is 0 Å². The Hall–Kier alpha value is -2.97. The molecule has 3 heterocycles. The number of amides is 3. The van der Waals surface area contributed by atoms with Crippen LogP contribution in [0.4, 0.5) is 21.9 Å². The molecule has 2 aliphatic rings. The van der Waals surface area contributed by atoms with Gasteiger partial charge in [-0.3, -0.25) is 9.69 Å². The zero-order chi connectivity index (χ0) is 21.7. The molecule has 7 nitrogen and oxygen atoms in total. The van der Waals surface area contributed by atoms with Crippen molar-refractivity contribution >= 4 is 50.6 Å². The predicted octanol–water partition coefficient (Wildman–Crippen LogP) is 4.71. The van der Waals surface area contributed by atoms with Gasteiger partial charge in [-0.25, -0.2) is 9.78 Å². The van der Waals surface area contributed by atoms with Gasteiger partial charge in [0.1, 0.15) is 9.71 Å². The molecule has 4 N–H and O–H groups in total. The van der Waals surface area contributed by atoms with E-state index >= 15 is 0 Å². The number of nitrogens with two attached hydrogens (primary N) is 1. The molecule has 31 heavy (non-hydrogen) atoms. The van der Waals surface area contributed by atoms with E-state index in [2.05, 4.69) is 29.5 Å². The standard InChI is InChI=1S/C23H25N5O2S/c1-12(2)13-6-8-14(9-7-13)28-17-10-11-25-22-18(17)19(27-23(28)30)20(31-22)21(29)26-16-5-3-4-15(16)24/h6-12,15-16H,3-5,24H2,1-2H3,(H,26,29)(H,27,30)/t15-,16+/m0/s1. The smallest absolute Gasteiger partial charge is 0.331 e. The number of nitrogens with zero attached hydrogens (tertiary/aromatic N) is 2. The fraction of sp³-hybridized carbons (Fsp3) is 0.348. The number of benzene rings is 1. The number of anilines is 3. The molecule has 1 fully saturated rings. The molecule has 2 atom stereocenters. The Morgan fingerprint density at radius 3 is 2.71 bits per heavy atom. The summed E-state index contributed by atoms with van der Waals surface area (Å²) in [5.41, 5.74) is 9.37. The molecule has 1 saturated carbocycles. The molecule has 0 spiro atoms. The molecule has 0 saturated heterocycles. The molecule has 1 aromatic carbocycles. The molecule has 3 aromatic rings. The maximum Gasteiger partial charge on any atom is 0.331 e. The summed E-state index contributed by atoms with van der Waals surface area (Å²) in [5, 5.41) is 6.79. The Balaban J connectivity index is 1.55. The van der Waals surface area contributed by atoms with Crippen molar-refractivity contribution in [1.82, 2.24) is 10.3 Å².